The molecule has 0 aliphatic heterocycles. The van der Waals surface area contributed by atoms with E-state index >= 15 is 0 Å². The van der Waals surface area contributed by atoms with Crippen molar-refractivity contribution >= 4 is 74.6 Å². The summed E-state index contributed by atoms with van der Waals surface area (Å²) in [7, 11) is 0. The zero-order chi connectivity index (χ0) is 30.9. The Morgan fingerprint density at radius 3 is 1.47 bits per heavy atom. The zero-order valence-corrected chi connectivity index (χ0v) is 26.4. The van der Waals surface area contributed by atoms with E-state index in [0.29, 0.717) is 0 Å². The Morgan fingerprint density at radius 2 is 0.787 bits per heavy atom. The van der Waals surface area contributed by atoms with Gasteiger partial charge in [0.05, 0.1) is 0 Å². The fourth-order valence-corrected chi connectivity index (χ4v) is 8.95. The molecule has 1 heterocycles. The van der Waals surface area contributed by atoms with Crippen LogP contribution in [0.25, 0.3) is 96.6 Å². The third kappa shape index (κ3) is 4.07. The van der Waals surface area contributed by atoms with Gasteiger partial charge in [0.2, 0.25) is 0 Å². The van der Waals surface area contributed by atoms with Gasteiger partial charge in [0.1, 0.15) is 0 Å². The average molecular weight is 613 g/mol. The van der Waals surface area contributed by atoms with Crippen molar-refractivity contribution in [3.8, 4) is 33.4 Å². The molecule has 0 unspecified atom stereocenters. The van der Waals surface area contributed by atoms with Gasteiger partial charge in [-0.1, -0.05) is 152 Å². The molecule has 1 aromatic heterocycles. The first-order chi connectivity index (χ1) is 23.3. The number of benzene rings is 9. The van der Waals surface area contributed by atoms with E-state index in [1.54, 1.807) is 0 Å². The lowest BCUT2D eigenvalue weighted by Gasteiger charge is -2.20. The number of hydrogen-bond acceptors (Lipinski definition) is 1. The molecule has 1 heteroatoms. The van der Waals surface area contributed by atoms with E-state index in [0.717, 1.165) is 0 Å². The molecule has 0 aliphatic rings. The Morgan fingerprint density at radius 1 is 0.298 bits per heavy atom. The molecule has 47 heavy (non-hydrogen) atoms. The maximum atomic E-state index is 2.37. The van der Waals surface area contributed by atoms with Gasteiger partial charge in [-0.2, -0.15) is 0 Å². The van der Waals surface area contributed by atoms with Crippen LogP contribution in [0.5, 0.6) is 0 Å². The lowest BCUT2D eigenvalue weighted by atomic mass is 9.83. The van der Waals surface area contributed by atoms with Crippen molar-refractivity contribution in [2.24, 2.45) is 0 Å². The molecular weight excluding hydrogens is 585 g/mol. The summed E-state index contributed by atoms with van der Waals surface area (Å²) in [6.07, 6.45) is 0. The molecule has 0 atom stereocenters. The molecule has 0 spiro atoms. The van der Waals surface area contributed by atoms with Crippen LogP contribution in [0.3, 0.4) is 0 Å². The van der Waals surface area contributed by atoms with Crippen LogP contribution in [0, 0.1) is 0 Å². The van der Waals surface area contributed by atoms with E-state index in [1.807, 2.05) is 11.3 Å². The Hall–Kier alpha value is -5.76. The van der Waals surface area contributed by atoms with Crippen molar-refractivity contribution in [3.05, 3.63) is 170 Å². The highest BCUT2D eigenvalue weighted by Gasteiger charge is 2.21. The van der Waals surface area contributed by atoms with Gasteiger partial charge in [-0.3, -0.25) is 0 Å². The van der Waals surface area contributed by atoms with Gasteiger partial charge in [-0.15, -0.1) is 11.3 Å². The maximum Gasteiger partial charge on any atom is 0.0434 e. The molecular formula is C46H28S. The van der Waals surface area contributed by atoms with Gasteiger partial charge in [-0.05, 0) is 89.1 Å². The summed E-state index contributed by atoms with van der Waals surface area (Å²) in [4.78, 5) is 0. The van der Waals surface area contributed by atoms with Crippen molar-refractivity contribution in [1.82, 2.24) is 0 Å². The van der Waals surface area contributed by atoms with Crippen molar-refractivity contribution in [2.45, 2.75) is 0 Å². The predicted octanol–water partition coefficient (Wildman–Crippen LogP) is 13.7. The maximum absolute atomic E-state index is 2.37. The first-order valence-electron chi connectivity index (χ1n) is 16.2. The van der Waals surface area contributed by atoms with Crippen LogP contribution in [0.4, 0.5) is 0 Å². The van der Waals surface area contributed by atoms with E-state index in [4.69, 9.17) is 0 Å². The summed E-state index contributed by atoms with van der Waals surface area (Å²) in [6.45, 7) is 0. The molecule has 0 nitrogen and oxygen atoms in total. The molecule has 218 valence electrons. The average Bonchev–Trinajstić information content (AvgIpc) is 3.50. The molecule has 0 N–H and O–H groups in total. The summed E-state index contributed by atoms with van der Waals surface area (Å²) < 4.78 is 2.68. The number of thiophene rings is 1. The monoisotopic (exact) mass is 612 g/mol. The van der Waals surface area contributed by atoms with Crippen molar-refractivity contribution in [1.29, 1.82) is 0 Å². The standard InChI is InChI=1S/C46H28S/c1-2-13-30-26-33(25-24-29(30)12-1)34-16-5-6-17-35(34)44-36-18-7-9-20-38(36)45(39-21-10-8-19-37(39)44)41-23-11-22-40-42-27-31-14-3-4-15-32(31)28-43(42)47-46(40)41/h1-28H. The Kier molecular flexibility index (Phi) is 5.85. The van der Waals surface area contributed by atoms with Gasteiger partial charge in [0, 0.05) is 25.7 Å². The summed E-state index contributed by atoms with van der Waals surface area (Å²) >= 11 is 1.92. The Labute approximate surface area is 276 Å². The fourth-order valence-electron chi connectivity index (χ4n) is 7.70. The minimum atomic E-state index is 1.24. The second-order valence-corrected chi connectivity index (χ2v) is 13.5. The normalized spacial score (nSPS) is 11.8. The van der Waals surface area contributed by atoms with E-state index in [1.165, 1.54) is 96.6 Å². The largest absolute Gasteiger partial charge is 0.135 e. The van der Waals surface area contributed by atoms with Gasteiger partial charge >= 0.3 is 0 Å². The predicted molar refractivity (Wildman–Crippen MR) is 206 cm³/mol. The van der Waals surface area contributed by atoms with Crippen LogP contribution >= 0.6 is 11.3 Å². The third-order valence-electron chi connectivity index (χ3n) is 9.82. The molecule has 0 saturated carbocycles. The number of hydrogen-bond donors (Lipinski definition) is 0. The van der Waals surface area contributed by atoms with E-state index in [-0.39, 0.29) is 0 Å². The third-order valence-corrected chi connectivity index (χ3v) is 11.0. The van der Waals surface area contributed by atoms with Gasteiger partial charge in [-0.25, -0.2) is 0 Å². The van der Waals surface area contributed by atoms with E-state index in [9.17, 15) is 0 Å². The minimum absolute atomic E-state index is 1.24. The highest BCUT2D eigenvalue weighted by atomic mass is 32.1. The molecule has 0 bridgehead atoms. The quantitative estimate of drug-likeness (QED) is 0.174. The smallest absolute Gasteiger partial charge is 0.0434 e. The van der Waals surface area contributed by atoms with Crippen LogP contribution in [0.2, 0.25) is 0 Å². The molecule has 10 rings (SSSR count). The van der Waals surface area contributed by atoms with Crippen LogP contribution in [0.1, 0.15) is 0 Å². The van der Waals surface area contributed by atoms with Gasteiger partial charge < -0.3 is 0 Å². The molecule has 0 fully saturated rings. The van der Waals surface area contributed by atoms with Crippen molar-refractivity contribution in [2.75, 3.05) is 0 Å². The van der Waals surface area contributed by atoms with Gasteiger partial charge in [0.25, 0.3) is 0 Å². The highest BCUT2D eigenvalue weighted by molar-refractivity contribution is 7.26. The number of rotatable bonds is 3. The Bertz CT molecular complexity index is 2800. The van der Waals surface area contributed by atoms with Crippen LogP contribution in [-0.4, -0.2) is 0 Å². The zero-order valence-electron chi connectivity index (χ0n) is 25.6. The van der Waals surface area contributed by atoms with Gasteiger partial charge in [0.15, 0.2) is 0 Å². The summed E-state index contributed by atoms with van der Waals surface area (Å²) in [5.74, 6) is 0. The molecule has 0 aliphatic carbocycles. The second-order valence-electron chi connectivity index (χ2n) is 12.4. The lowest BCUT2D eigenvalue weighted by molar-refractivity contribution is 1.62. The lowest BCUT2D eigenvalue weighted by Crippen LogP contribution is -1.92. The topological polar surface area (TPSA) is 0 Å². The number of fused-ring (bicyclic) bond motifs is 7. The van der Waals surface area contributed by atoms with Crippen LogP contribution in [0.15, 0.2) is 170 Å². The SMILES string of the molecule is c1ccc(-c2c3ccccc3c(-c3cccc4c3sc3cc5ccccc5cc34)c3ccccc23)c(-c2ccc3ccccc3c2)c1. The van der Waals surface area contributed by atoms with Crippen LogP contribution < -0.4 is 0 Å². The molecule has 9 aromatic carbocycles. The molecule has 0 saturated heterocycles. The Balaban J connectivity index is 1.29. The van der Waals surface area contributed by atoms with E-state index in [2.05, 4.69) is 170 Å². The van der Waals surface area contributed by atoms with Crippen LogP contribution in [-0.2, 0) is 0 Å². The molecule has 10 aromatic rings. The summed E-state index contributed by atoms with van der Waals surface area (Å²) in [6, 6.07) is 62.7. The fraction of sp³-hybridized carbons (Fsp3) is 0. The van der Waals surface area contributed by atoms with Crippen molar-refractivity contribution < 1.29 is 0 Å². The van der Waals surface area contributed by atoms with Crippen molar-refractivity contribution in [3.63, 3.8) is 0 Å². The highest BCUT2D eigenvalue weighted by Crippen LogP contribution is 2.49. The van der Waals surface area contributed by atoms with E-state index < -0.39 is 0 Å². The summed E-state index contributed by atoms with van der Waals surface area (Å²) in [5.41, 5.74) is 7.64. The summed E-state index contributed by atoms with van der Waals surface area (Å²) in [5, 5.41) is 12.9. The minimum Gasteiger partial charge on any atom is -0.135 e. The molecule has 0 radical (unpaired) electrons. The first-order valence-corrected chi connectivity index (χ1v) is 17.0. The molecule has 0 amide bonds. The first kappa shape index (κ1) is 26.5. The second kappa shape index (κ2) is 10.4.